The van der Waals surface area contributed by atoms with Crippen molar-refractivity contribution < 1.29 is 24.4 Å². The van der Waals surface area contributed by atoms with Gasteiger partial charge in [0.2, 0.25) is 6.29 Å². The van der Waals surface area contributed by atoms with Gasteiger partial charge in [-0.1, -0.05) is 18.2 Å². The predicted molar refractivity (Wildman–Crippen MR) is 87.1 cm³/mol. The molecular formula is C18H20O5. The molecule has 0 radical (unpaired) electrons. The van der Waals surface area contributed by atoms with E-state index in [1.54, 1.807) is 49.6 Å². The van der Waals surface area contributed by atoms with Crippen LogP contribution in [0.3, 0.4) is 0 Å². The number of hydrogen-bond donors (Lipinski definition) is 2. The number of hydrogen-bond acceptors (Lipinski definition) is 5. The van der Waals surface area contributed by atoms with Crippen molar-refractivity contribution in [1.82, 2.24) is 0 Å². The number of aliphatic hydroxyl groups excluding tert-OH is 2. The first-order chi connectivity index (χ1) is 11.1. The zero-order chi connectivity index (χ0) is 16.7. The first-order valence-electron chi connectivity index (χ1n) is 7.10. The van der Waals surface area contributed by atoms with Gasteiger partial charge >= 0.3 is 0 Å². The van der Waals surface area contributed by atoms with Gasteiger partial charge < -0.3 is 24.4 Å². The molecule has 2 atom stereocenters. The summed E-state index contributed by atoms with van der Waals surface area (Å²) in [5.74, 6) is 1.26. The van der Waals surface area contributed by atoms with Gasteiger partial charge in [-0.05, 0) is 48.0 Å². The highest BCUT2D eigenvalue weighted by molar-refractivity contribution is 5.50. The summed E-state index contributed by atoms with van der Waals surface area (Å²) in [6.45, 7) is 0. The molecule has 0 spiro atoms. The van der Waals surface area contributed by atoms with Gasteiger partial charge in [0.1, 0.15) is 11.5 Å². The lowest BCUT2D eigenvalue weighted by molar-refractivity contribution is -0.0350. The summed E-state index contributed by atoms with van der Waals surface area (Å²) >= 11 is 0. The van der Waals surface area contributed by atoms with Crippen LogP contribution in [0.1, 0.15) is 17.4 Å². The normalized spacial score (nSPS) is 13.7. The fourth-order valence-electron chi connectivity index (χ4n) is 1.89. The largest absolute Gasteiger partial charge is 0.497 e. The summed E-state index contributed by atoms with van der Waals surface area (Å²) in [6, 6.07) is 14.1. The van der Waals surface area contributed by atoms with Crippen molar-refractivity contribution in [2.75, 3.05) is 14.2 Å². The predicted octanol–water partition coefficient (Wildman–Crippen LogP) is 2.74. The number of methoxy groups -OCH3 is 2. The molecule has 122 valence electrons. The number of aliphatic hydroxyl groups is 2. The molecule has 0 bridgehead atoms. The Labute approximate surface area is 135 Å². The molecule has 2 N–H and O–H groups in total. The van der Waals surface area contributed by atoms with Crippen LogP contribution < -0.4 is 9.47 Å². The van der Waals surface area contributed by atoms with E-state index in [-0.39, 0.29) is 0 Å². The van der Waals surface area contributed by atoms with Crippen molar-refractivity contribution in [2.24, 2.45) is 0 Å². The van der Waals surface area contributed by atoms with E-state index < -0.39 is 12.6 Å². The highest BCUT2D eigenvalue weighted by atomic mass is 16.6. The van der Waals surface area contributed by atoms with Crippen molar-refractivity contribution in [2.45, 2.75) is 12.6 Å². The van der Waals surface area contributed by atoms with E-state index >= 15 is 0 Å². The monoisotopic (exact) mass is 316 g/mol. The maximum Gasteiger partial charge on any atom is 0.224 e. The summed E-state index contributed by atoms with van der Waals surface area (Å²) in [4.78, 5) is 0. The smallest absolute Gasteiger partial charge is 0.224 e. The minimum absolute atomic E-state index is 0.540. The zero-order valence-corrected chi connectivity index (χ0v) is 13.0. The van der Waals surface area contributed by atoms with Crippen LogP contribution in [0.4, 0.5) is 0 Å². The van der Waals surface area contributed by atoms with Crippen molar-refractivity contribution in [1.29, 1.82) is 0 Å². The highest BCUT2D eigenvalue weighted by Gasteiger charge is 2.09. The highest BCUT2D eigenvalue weighted by Crippen LogP contribution is 2.22. The SMILES string of the molecule is COc1ccc(C(O)Oc2ccc(/C=C/C(O)OC)cc2)cc1. The van der Waals surface area contributed by atoms with Crippen molar-refractivity contribution in [3.63, 3.8) is 0 Å². The van der Waals surface area contributed by atoms with E-state index in [4.69, 9.17) is 14.2 Å². The van der Waals surface area contributed by atoms with Crippen LogP contribution in [0, 0.1) is 0 Å². The molecule has 0 aromatic heterocycles. The van der Waals surface area contributed by atoms with Gasteiger partial charge in [-0.15, -0.1) is 0 Å². The molecule has 0 saturated heterocycles. The van der Waals surface area contributed by atoms with Crippen LogP contribution in [0.15, 0.2) is 54.6 Å². The molecule has 5 nitrogen and oxygen atoms in total. The molecule has 0 amide bonds. The van der Waals surface area contributed by atoms with Gasteiger partial charge in [-0.25, -0.2) is 0 Å². The third-order valence-corrected chi connectivity index (χ3v) is 3.22. The van der Waals surface area contributed by atoms with Gasteiger partial charge in [0.25, 0.3) is 0 Å². The fraction of sp³-hybridized carbons (Fsp3) is 0.222. The summed E-state index contributed by atoms with van der Waals surface area (Å²) in [5.41, 5.74) is 1.52. The first-order valence-corrected chi connectivity index (χ1v) is 7.10. The van der Waals surface area contributed by atoms with E-state index in [2.05, 4.69) is 0 Å². The Balaban J connectivity index is 1.98. The van der Waals surface area contributed by atoms with Crippen molar-refractivity contribution >= 4 is 6.08 Å². The third-order valence-electron chi connectivity index (χ3n) is 3.22. The molecule has 2 rings (SSSR count). The second kappa shape index (κ2) is 8.33. The van der Waals surface area contributed by atoms with E-state index in [0.29, 0.717) is 11.3 Å². The second-order valence-electron chi connectivity index (χ2n) is 4.80. The average molecular weight is 316 g/mol. The quantitative estimate of drug-likeness (QED) is 0.769. The number of rotatable bonds is 7. The van der Waals surface area contributed by atoms with Crippen LogP contribution in [0.5, 0.6) is 11.5 Å². The third kappa shape index (κ3) is 5.10. The Hall–Kier alpha value is -2.34. The Kier molecular flexibility index (Phi) is 6.17. The molecule has 0 aliphatic carbocycles. The Morgan fingerprint density at radius 3 is 2.04 bits per heavy atom. The lowest BCUT2D eigenvalue weighted by Gasteiger charge is -2.14. The molecule has 0 fully saturated rings. The van der Waals surface area contributed by atoms with Crippen LogP contribution in [0.2, 0.25) is 0 Å². The molecule has 0 saturated carbocycles. The number of ether oxygens (including phenoxy) is 3. The summed E-state index contributed by atoms with van der Waals surface area (Å²) < 4.78 is 15.3. The summed E-state index contributed by atoms with van der Waals surface area (Å²) in [5, 5.41) is 19.4. The lowest BCUT2D eigenvalue weighted by atomic mass is 10.2. The van der Waals surface area contributed by atoms with Gasteiger partial charge in [-0.3, -0.25) is 0 Å². The number of benzene rings is 2. The van der Waals surface area contributed by atoms with Crippen LogP contribution in [-0.2, 0) is 4.74 Å². The average Bonchev–Trinajstić information content (AvgIpc) is 2.60. The molecule has 0 heterocycles. The minimum atomic E-state index is -1.06. The fourth-order valence-corrected chi connectivity index (χ4v) is 1.89. The van der Waals surface area contributed by atoms with Gasteiger partial charge in [0, 0.05) is 12.7 Å². The summed E-state index contributed by atoms with van der Waals surface area (Å²) in [7, 11) is 3.01. The maximum absolute atomic E-state index is 10.1. The maximum atomic E-state index is 10.1. The standard InChI is InChI=1S/C18H20O5/c1-21-15-10-6-14(7-11-15)18(20)23-16-8-3-13(4-9-16)5-12-17(19)22-2/h3-12,17-20H,1-2H3/b12-5+. The first kappa shape index (κ1) is 17.0. The summed E-state index contributed by atoms with van der Waals surface area (Å²) in [6.07, 6.45) is 1.28. The van der Waals surface area contributed by atoms with E-state index in [9.17, 15) is 10.2 Å². The van der Waals surface area contributed by atoms with E-state index in [1.807, 2.05) is 12.1 Å². The van der Waals surface area contributed by atoms with Crippen molar-refractivity contribution in [3.05, 3.63) is 65.7 Å². The van der Waals surface area contributed by atoms with E-state index in [1.165, 1.54) is 13.2 Å². The molecular weight excluding hydrogens is 296 g/mol. The topological polar surface area (TPSA) is 68.2 Å². The molecule has 2 aromatic carbocycles. The Morgan fingerprint density at radius 1 is 0.870 bits per heavy atom. The zero-order valence-electron chi connectivity index (χ0n) is 13.0. The lowest BCUT2D eigenvalue weighted by Crippen LogP contribution is -2.06. The Morgan fingerprint density at radius 2 is 1.48 bits per heavy atom. The van der Waals surface area contributed by atoms with Crippen molar-refractivity contribution in [3.8, 4) is 11.5 Å². The van der Waals surface area contributed by atoms with Crippen LogP contribution >= 0.6 is 0 Å². The minimum Gasteiger partial charge on any atom is -0.497 e. The molecule has 2 unspecified atom stereocenters. The van der Waals surface area contributed by atoms with Gasteiger partial charge in [0.15, 0.2) is 6.29 Å². The molecule has 0 aliphatic heterocycles. The van der Waals surface area contributed by atoms with E-state index in [0.717, 1.165) is 11.3 Å². The van der Waals surface area contributed by atoms with Crippen LogP contribution in [0.25, 0.3) is 6.08 Å². The molecule has 0 aliphatic rings. The molecule has 5 heteroatoms. The molecule has 2 aromatic rings. The van der Waals surface area contributed by atoms with Crippen LogP contribution in [-0.4, -0.2) is 30.7 Å². The Bertz CT molecular complexity index is 619. The molecule has 23 heavy (non-hydrogen) atoms. The van der Waals surface area contributed by atoms with Gasteiger partial charge in [-0.2, -0.15) is 0 Å². The second-order valence-corrected chi connectivity index (χ2v) is 4.80. The van der Waals surface area contributed by atoms with Gasteiger partial charge in [0.05, 0.1) is 7.11 Å².